The van der Waals surface area contributed by atoms with Gasteiger partial charge in [0.2, 0.25) is 0 Å². The topological polar surface area (TPSA) is 61.7 Å². The van der Waals surface area contributed by atoms with Gasteiger partial charge >= 0.3 is 0 Å². The average molecular weight is 210 g/mol. The number of hydrogen-bond acceptors (Lipinski definition) is 4. The number of nitrogens with one attached hydrogen (secondary N) is 1. The lowest BCUT2D eigenvalue weighted by atomic mass is 10.3. The first-order valence-corrected chi connectivity index (χ1v) is 5.58. The molecule has 1 aliphatic heterocycles. The molecule has 2 rings (SSSR count). The molecular formula is C9H10N2O2S. The molecule has 74 valence electrons. The molecule has 14 heavy (non-hydrogen) atoms. The molecular weight excluding hydrogens is 200 g/mol. The number of rotatable bonds is 0. The van der Waals surface area contributed by atoms with Crippen molar-refractivity contribution in [3.05, 3.63) is 24.3 Å². The molecule has 4 nitrogen and oxygen atoms in total. The van der Waals surface area contributed by atoms with Crippen LogP contribution in [0.4, 0.5) is 5.69 Å². The van der Waals surface area contributed by atoms with Gasteiger partial charge in [-0.2, -0.15) is 0 Å². The Morgan fingerprint density at radius 1 is 1.43 bits per heavy atom. The van der Waals surface area contributed by atoms with Crippen LogP contribution in [0, 0.1) is 0 Å². The molecule has 1 aromatic rings. The van der Waals surface area contributed by atoms with Crippen molar-refractivity contribution in [2.45, 2.75) is 11.3 Å². The van der Waals surface area contributed by atoms with Crippen LogP contribution in [-0.4, -0.2) is 21.0 Å². The summed E-state index contributed by atoms with van der Waals surface area (Å²) >= 11 is 0. The first-order chi connectivity index (χ1) is 6.81. The van der Waals surface area contributed by atoms with Gasteiger partial charge in [0.1, 0.15) is 5.84 Å². The fourth-order valence-electron chi connectivity index (χ4n) is 1.32. The molecule has 1 aliphatic rings. The van der Waals surface area contributed by atoms with Gasteiger partial charge in [0.15, 0.2) is 0 Å². The zero-order valence-corrected chi connectivity index (χ0v) is 8.25. The molecule has 0 spiro atoms. The van der Waals surface area contributed by atoms with E-state index in [2.05, 4.69) is 4.99 Å². The molecule has 0 aliphatic carbocycles. The SMILES string of the molecule is O=S1CCC(NO)=Nc2ccccc21. The molecule has 0 fully saturated rings. The minimum absolute atomic E-state index is 0.461. The van der Waals surface area contributed by atoms with Crippen molar-refractivity contribution in [3.8, 4) is 0 Å². The second kappa shape index (κ2) is 3.89. The van der Waals surface area contributed by atoms with Crippen molar-refractivity contribution >= 4 is 22.3 Å². The van der Waals surface area contributed by atoms with Crippen LogP contribution in [0.3, 0.4) is 0 Å². The van der Waals surface area contributed by atoms with Crippen molar-refractivity contribution in [1.29, 1.82) is 0 Å². The summed E-state index contributed by atoms with van der Waals surface area (Å²) in [6.45, 7) is 0. The third kappa shape index (κ3) is 1.69. The standard InChI is InChI=1S/C9H10N2O2S/c12-11-9-5-6-14(13)8-4-2-1-3-7(8)10-9/h1-4,12H,5-6H2,(H,10,11). The quantitative estimate of drug-likeness (QED) is 0.633. The Labute approximate surface area is 84.1 Å². The summed E-state index contributed by atoms with van der Waals surface area (Å²) in [7, 11) is -1.02. The van der Waals surface area contributed by atoms with Crippen LogP contribution in [0.15, 0.2) is 34.2 Å². The summed E-state index contributed by atoms with van der Waals surface area (Å²) in [6, 6.07) is 7.26. The minimum Gasteiger partial charge on any atom is -0.290 e. The number of fused-ring (bicyclic) bond motifs is 1. The molecule has 1 aromatic carbocycles. The number of amidine groups is 1. The van der Waals surface area contributed by atoms with Crippen molar-refractivity contribution in [2.75, 3.05) is 5.75 Å². The van der Waals surface area contributed by atoms with Gasteiger partial charge in [-0.25, -0.2) is 4.99 Å². The maximum Gasteiger partial charge on any atom is 0.127 e. The second-order valence-corrected chi connectivity index (χ2v) is 4.48. The van der Waals surface area contributed by atoms with Crippen molar-refractivity contribution in [2.24, 2.45) is 4.99 Å². The third-order valence-electron chi connectivity index (χ3n) is 2.02. The van der Waals surface area contributed by atoms with E-state index in [1.165, 1.54) is 0 Å². The Kier molecular flexibility index (Phi) is 2.60. The van der Waals surface area contributed by atoms with Gasteiger partial charge < -0.3 is 0 Å². The van der Waals surface area contributed by atoms with Gasteiger partial charge in [-0.1, -0.05) is 12.1 Å². The molecule has 0 aromatic heterocycles. The van der Waals surface area contributed by atoms with E-state index in [4.69, 9.17) is 5.21 Å². The van der Waals surface area contributed by atoms with Crippen LogP contribution < -0.4 is 5.48 Å². The molecule has 0 amide bonds. The lowest BCUT2D eigenvalue weighted by Crippen LogP contribution is -2.19. The molecule has 0 bridgehead atoms. The lowest BCUT2D eigenvalue weighted by molar-refractivity contribution is 0.232. The fraction of sp³-hybridized carbons (Fsp3) is 0.222. The van der Waals surface area contributed by atoms with E-state index >= 15 is 0 Å². The Hall–Kier alpha value is -1.20. The summed E-state index contributed by atoms with van der Waals surface area (Å²) in [5, 5.41) is 8.75. The van der Waals surface area contributed by atoms with Crippen LogP contribution in [0.1, 0.15) is 6.42 Å². The number of nitrogens with zero attached hydrogens (tertiary/aromatic N) is 1. The van der Waals surface area contributed by atoms with E-state index in [0.717, 1.165) is 4.90 Å². The monoisotopic (exact) mass is 210 g/mol. The van der Waals surface area contributed by atoms with E-state index in [1.54, 1.807) is 12.1 Å². The number of aliphatic imine (C=N–C) groups is 1. The summed E-state index contributed by atoms with van der Waals surface area (Å²) in [4.78, 5) is 4.90. The summed E-state index contributed by atoms with van der Waals surface area (Å²) in [5.74, 6) is 0.951. The van der Waals surface area contributed by atoms with Crippen LogP contribution in [0.5, 0.6) is 0 Å². The Balaban J connectivity index is 2.50. The largest absolute Gasteiger partial charge is 0.290 e. The summed E-state index contributed by atoms with van der Waals surface area (Å²) in [6.07, 6.45) is 0.498. The van der Waals surface area contributed by atoms with Gasteiger partial charge in [0, 0.05) is 12.2 Å². The van der Waals surface area contributed by atoms with E-state index in [1.807, 2.05) is 17.6 Å². The van der Waals surface area contributed by atoms with E-state index in [0.29, 0.717) is 23.7 Å². The highest BCUT2D eigenvalue weighted by Crippen LogP contribution is 2.25. The van der Waals surface area contributed by atoms with Crippen molar-refractivity contribution in [1.82, 2.24) is 5.48 Å². The Morgan fingerprint density at radius 3 is 3.00 bits per heavy atom. The number of benzene rings is 1. The maximum atomic E-state index is 11.7. The predicted molar refractivity (Wildman–Crippen MR) is 54.4 cm³/mol. The van der Waals surface area contributed by atoms with Crippen LogP contribution in [-0.2, 0) is 10.8 Å². The molecule has 5 heteroatoms. The molecule has 0 radical (unpaired) electrons. The summed E-state index contributed by atoms with van der Waals surface area (Å²) < 4.78 is 11.7. The van der Waals surface area contributed by atoms with Gasteiger partial charge in [-0.15, -0.1) is 0 Å². The van der Waals surface area contributed by atoms with Crippen LogP contribution in [0.25, 0.3) is 0 Å². The number of hydrogen-bond donors (Lipinski definition) is 2. The normalized spacial score (nSPS) is 20.6. The van der Waals surface area contributed by atoms with Gasteiger partial charge in [0.05, 0.1) is 21.4 Å². The smallest absolute Gasteiger partial charge is 0.127 e. The highest BCUT2D eigenvalue weighted by atomic mass is 32.2. The van der Waals surface area contributed by atoms with Crippen molar-refractivity contribution < 1.29 is 9.42 Å². The first kappa shape index (κ1) is 9.36. The minimum atomic E-state index is -1.02. The van der Waals surface area contributed by atoms with E-state index in [9.17, 15) is 4.21 Å². The molecule has 1 heterocycles. The summed E-state index contributed by atoms with van der Waals surface area (Å²) in [5.41, 5.74) is 2.69. The van der Waals surface area contributed by atoms with Gasteiger partial charge in [-0.05, 0) is 12.1 Å². The van der Waals surface area contributed by atoms with E-state index in [-0.39, 0.29) is 0 Å². The van der Waals surface area contributed by atoms with Gasteiger partial charge in [0.25, 0.3) is 0 Å². The van der Waals surface area contributed by atoms with E-state index < -0.39 is 10.8 Å². The lowest BCUT2D eigenvalue weighted by Gasteiger charge is -1.99. The molecule has 2 N–H and O–H groups in total. The number of para-hydroxylation sites is 1. The highest BCUT2D eigenvalue weighted by Gasteiger charge is 2.14. The van der Waals surface area contributed by atoms with Gasteiger partial charge in [-0.3, -0.25) is 14.9 Å². The molecule has 1 atom stereocenters. The molecule has 0 saturated carbocycles. The maximum absolute atomic E-state index is 11.7. The third-order valence-corrected chi connectivity index (χ3v) is 3.43. The molecule has 0 saturated heterocycles. The van der Waals surface area contributed by atoms with Crippen LogP contribution >= 0.6 is 0 Å². The first-order valence-electron chi connectivity index (χ1n) is 4.26. The zero-order valence-electron chi connectivity index (χ0n) is 7.43. The number of hydroxylamine groups is 1. The van der Waals surface area contributed by atoms with Crippen molar-refractivity contribution in [3.63, 3.8) is 0 Å². The molecule has 1 unspecified atom stereocenters. The second-order valence-electron chi connectivity index (χ2n) is 2.94. The predicted octanol–water partition coefficient (Wildman–Crippen LogP) is 1.21. The van der Waals surface area contributed by atoms with Crippen LogP contribution in [0.2, 0.25) is 0 Å². The Morgan fingerprint density at radius 2 is 2.21 bits per heavy atom. The Bertz CT molecular complexity index is 404. The fourth-order valence-corrected chi connectivity index (χ4v) is 2.50. The highest BCUT2D eigenvalue weighted by molar-refractivity contribution is 7.85. The average Bonchev–Trinajstić information content (AvgIpc) is 2.39. The zero-order chi connectivity index (χ0) is 9.97.